The second kappa shape index (κ2) is 6.35. The molecule has 1 saturated heterocycles. The van der Waals surface area contributed by atoms with Crippen molar-refractivity contribution in [3.63, 3.8) is 0 Å². The molecule has 1 N–H and O–H groups in total. The Labute approximate surface area is 111 Å². The summed E-state index contributed by atoms with van der Waals surface area (Å²) in [6.45, 7) is 7.84. The Morgan fingerprint density at radius 1 is 1.11 bits per heavy atom. The summed E-state index contributed by atoms with van der Waals surface area (Å²) in [5.41, 5.74) is 6.54. The van der Waals surface area contributed by atoms with Crippen molar-refractivity contribution in [2.75, 3.05) is 0 Å². The Morgan fingerprint density at radius 2 is 1.72 bits per heavy atom. The first-order chi connectivity index (χ1) is 8.72. The summed E-state index contributed by atoms with van der Waals surface area (Å²) in [6.07, 6.45) is 5.11. The Morgan fingerprint density at radius 3 is 2.33 bits per heavy atom. The lowest BCUT2D eigenvalue weighted by Crippen LogP contribution is -2.51. The SMILES string of the molecule is CCc1ccccc1CNN1C(C)CCCC1C. The van der Waals surface area contributed by atoms with E-state index in [1.165, 1.54) is 30.4 Å². The number of hydrazine groups is 1. The van der Waals surface area contributed by atoms with Crippen molar-refractivity contribution >= 4 is 0 Å². The van der Waals surface area contributed by atoms with Gasteiger partial charge in [0.1, 0.15) is 0 Å². The van der Waals surface area contributed by atoms with E-state index in [2.05, 4.69) is 55.5 Å². The van der Waals surface area contributed by atoms with Gasteiger partial charge in [-0.05, 0) is 44.2 Å². The first kappa shape index (κ1) is 13.6. The summed E-state index contributed by atoms with van der Waals surface area (Å²) in [7, 11) is 0. The third-order valence-corrected chi connectivity index (χ3v) is 4.14. The van der Waals surface area contributed by atoms with Gasteiger partial charge in [0.2, 0.25) is 0 Å². The predicted octanol–water partition coefficient (Wildman–Crippen LogP) is 3.52. The Balaban J connectivity index is 1.97. The molecule has 1 aliphatic heterocycles. The zero-order valence-electron chi connectivity index (χ0n) is 11.9. The number of hydrogen-bond acceptors (Lipinski definition) is 2. The van der Waals surface area contributed by atoms with Gasteiger partial charge in [-0.15, -0.1) is 0 Å². The fraction of sp³-hybridized carbons (Fsp3) is 0.625. The zero-order chi connectivity index (χ0) is 13.0. The quantitative estimate of drug-likeness (QED) is 0.874. The highest BCUT2D eigenvalue weighted by atomic mass is 15.5. The van der Waals surface area contributed by atoms with E-state index in [0.717, 1.165) is 13.0 Å². The van der Waals surface area contributed by atoms with Crippen LogP contribution in [-0.4, -0.2) is 17.1 Å². The predicted molar refractivity (Wildman–Crippen MR) is 77.3 cm³/mol. The second-order valence-corrected chi connectivity index (χ2v) is 5.49. The lowest BCUT2D eigenvalue weighted by Gasteiger charge is -2.39. The molecule has 0 radical (unpaired) electrons. The van der Waals surface area contributed by atoms with Gasteiger partial charge in [-0.25, -0.2) is 5.01 Å². The molecule has 100 valence electrons. The topological polar surface area (TPSA) is 15.3 Å². The summed E-state index contributed by atoms with van der Waals surface area (Å²) < 4.78 is 0. The van der Waals surface area contributed by atoms with Gasteiger partial charge < -0.3 is 0 Å². The van der Waals surface area contributed by atoms with E-state index in [-0.39, 0.29) is 0 Å². The molecule has 1 aromatic carbocycles. The first-order valence-corrected chi connectivity index (χ1v) is 7.31. The molecule has 1 aliphatic rings. The normalized spacial score (nSPS) is 25.3. The Hall–Kier alpha value is -0.860. The standard InChI is InChI=1S/C16H26N2/c1-4-15-10-5-6-11-16(15)12-17-18-13(2)8-7-9-14(18)3/h5-6,10-11,13-14,17H,4,7-9,12H2,1-3H3. The van der Waals surface area contributed by atoms with Crippen molar-refractivity contribution < 1.29 is 0 Å². The highest BCUT2D eigenvalue weighted by Crippen LogP contribution is 2.20. The van der Waals surface area contributed by atoms with Gasteiger partial charge in [0, 0.05) is 18.6 Å². The molecule has 0 aromatic heterocycles. The maximum absolute atomic E-state index is 3.65. The minimum absolute atomic E-state index is 0.655. The average molecular weight is 246 g/mol. The van der Waals surface area contributed by atoms with Crippen molar-refractivity contribution in [3.8, 4) is 0 Å². The summed E-state index contributed by atoms with van der Waals surface area (Å²) in [5.74, 6) is 0. The van der Waals surface area contributed by atoms with Crippen LogP contribution < -0.4 is 5.43 Å². The molecule has 2 rings (SSSR count). The van der Waals surface area contributed by atoms with Crippen molar-refractivity contribution in [2.24, 2.45) is 0 Å². The monoisotopic (exact) mass is 246 g/mol. The molecular formula is C16H26N2. The Bertz CT molecular complexity index is 365. The number of hydrogen-bond donors (Lipinski definition) is 1. The smallest absolute Gasteiger partial charge is 0.0356 e. The van der Waals surface area contributed by atoms with E-state index in [0.29, 0.717) is 12.1 Å². The maximum Gasteiger partial charge on any atom is 0.0356 e. The number of piperidine rings is 1. The number of rotatable bonds is 4. The van der Waals surface area contributed by atoms with Crippen LogP contribution in [0.5, 0.6) is 0 Å². The van der Waals surface area contributed by atoms with E-state index < -0.39 is 0 Å². The molecule has 0 spiro atoms. The van der Waals surface area contributed by atoms with E-state index in [1.54, 1.807) is 0 Å². The van der Waals surface area contributed by atoms with E-state index in [4.69, 9.17) is 0 Å². The molecule has 2 unspecified atom stereocenters. The lowest BCUT2D eigenvalue weighted by atomic mass is 9.99. The molecule has 2 heteroatoms. The third kappa shape index (κ3) is 3.12. The summed E-state index contributed by atoms with van der Waals surface area (Å²) in [6, 6.07) is 10.1. The fourth-order valence-corrected chi connectivity index (χ4v) is 2.98. The number of nitrogens with one attached hydrogen (secondary N) is 1. The highest BCUT2D eigenvalue weighted by Gasteiger charge is 2.24. The Kier molecular flexibility index (Phi) is 4.79. The van der Waals surface area contributed by atoms with E-state index in [1.807, 2.05) is 0 Å². The van der Waals surface area contributed by atoms with Crippen LogP contribution in [0.1, 0.15) is 51.2 Å². The molecule has 1 fully saturated rings. The van der Waals surface area contributed by atoms with Crippen LogP contribution in [-0.2, 0) is 13.0 Å². The lowest BCUT2D eigenvalue weighted by molar-refractivity contribution is 0.0435. The zero-order valence-corrected chi connectivity index (χ0v) is 11.9. The molecule has 18 heavy (non-hydrogen) atoms. The molecule has 0 amide bonds. The van der Waals surface area contributed by atoms with Crippen molar-refractivity contribution in [2.45, 2.75) is 65.1 Å². The molecule has 2 nitrogen and oxygen atoms in total. The van der Waals surface area contributed by atoms with Gasteiger partial charge in [0.25, 0.3) is 0 Å². The minimum atomic E-state index is 0.655. The average Bonchev–Trinajstić information content (AvgIpc) is 2.38. The van der Waals surface area contributed by atoms with Crippen LogP contribution in [0.2, 0.25) is 0 Å². The van der Waals surface area contributed by atoms with Crippen molar-refractivity contribution in [1.29, 1.82) is 0 Å². The highest BCUT2D eigenvalue weighted by molar-refractivity contribution is 5.26. The van der Waals surface area contributed by atoms with Gasteiger partial charge in [-0.1, -0.05) is 37.6 Å². The van der Waals surface area contributed by atoms with Crippen molar-refractivity contribution in [1.82, 2.24) is 10.4 Å². The van der Waals surface area contributed by atoms with Gasteiger partial charge in [0.05, 0.1) is 0 Å². The van der Waals surface area contributed by atoms with Gasteiger partial charge in [-0.2, -0.15) is 0 Å². The van der Waals surface area contributed by atoms with Crippen LogP contribution in [0, 0.1) is 0 Å². The fourth-order valence-electron chi connectivity index (χ4n) is 2.98. The van der Waals surface area contributed by atoms with E-state index in [9.17, 15) is 0 Å². The van der Waals surface area contributed by atoms with Crippen LogP contribution in [0.15, 0.2) is 24.3 Å². The molecule has 2 atom stereocenters. The second-order valence-electron chi connectivity index (χ2n) is 5.49. The van der Waals surface area contributed by atoms with Crippen LogP contribution in [0.3, 0.4) is 0 Å². The molecule has 0 bridgehead atoms. The van der Waals surface area contributed by atoms with Crippen LogP contribution in [0.4, 0.5) is 0 Å². The summed E-state index contributed by atoms with van der Waals surface area (Å²) >= 11 is 0. The van der Waals surface area contributed by atoms with Gasteiger partial charge in [-0.3, -0.25) is 5.43 Å². The molecule has 1 heterocycles. The summed E-state index contributed by atoms with van der Waals surface area (Å²) in [5, 5.41) is 2.45. The van der Waals surface area contributed by atoms with Crippen molar-refractivity contribution in [3.05, 3.63) is 35.4 Å². The van der Waals surface area contributed by atoms with Gasteiger partial charge in [0.15, 0.2) is 0 Å². The van der Waals surface area contributed by atoms with Crippen LogP contribution >= 0.6 is 0 Å². The minimum Gasteiger partial charge on any atom is -0.250 e. The van der Waals surface area contributed by atoms with Crippen LogP contribution in [0.25, 0.3) is 0 Å². The first-order valence-electron chi connectivity index (χ1n) is 7.31. The number of aryl methyl sites for hydroxylation is 1. The maximum atomic E-state index is 3.65. The summed E-state index contributed by atoms with van der Waals surface area (Å²) in [4.78, 5) is 0. The largest absolute Gasteiger partial charge is 0.250 e. The number of benzene rings is 1. The third-order valence-electron chi connectivity index (χ3n) is 4.14. The molecular weight excluding hydrogens is 220 g/mol. The number of nitrogens with zero attached hydrogens (tertiary/aromatic N) is 1. The molecule has 1 aromatic rings. The van der Waals surface area contributed by atoms with E-state index >= 15 is 0 Å². The molecule has 0 aliphatic carbocycles. The molecule has 0 saturated carbocycles. The van der Waals surface area contributed by atoms with Gasteiger partial charge >= 0.3 is 0 Å².